The molecule has 1 aromatic carbocycles. The number of benzene rings is 1. The minimum Gasteiger partial charge on any atom is -0.493 e. The van der Waals surface area contributed by atoms with Crippen molar-refractivity contribution in [3.63, 3.8) is 0 Å². The molecule has 3 nitrogen and oxygen atoms in total. The summed E-state index contributed by atoms with van der Waals surface area (Å²) in [7, 11) is 0. The Bertz CT molecular complexity index is 432. The van der Waals surface area contributed by atoms with E-state index in [1.165, 1.54) is 36.8 Å². The summed E-state index contributed by atoms with van der Waals surface area (Å²) in [5.41, 5.74) is 5.58. The number of nitrogens with two attached hydrogens (primary N) is 1. The standard InChI is InChI=1S/C15H22N2OS/c16-17-14(10-19-13-3-1-2-4-13)11-5-6-15-12(9-11)7-8-18-15/h5-6,9,13-14,17H,1-4,7-8,10,16H2. The third kappa shape index (κ3) is 3.07. The minimum absolute atomic E-state index is 0.247. The van der Waals surface area contributed by atoms with Crippen LogP contribution in [0.5, 0.6) is 5.75 Å². The van der Waals surface area contributed by atoms with Crippen LogP contribution >= 0.6 is 11.8 Å². The maximum atomic E-state index is 5.74. The van der Waals surface area contributed by atoms with Gasteiger partial charge in [0.25, 0.3) is 0 Å². The molecule has 1 atom stereocenters. The molecule has 104 valence electrons. The highest BCUT2D eigenvalue weighted by Gasteiger charge is 2.20. The lowest BCUT2D eigenvalue weighted by Gasteiger charge is -2.19. The largest absolute Gasteiger partial charge is 0.493 e. The van der Waals surface area contributed by atoms with Gasteiger partial charge in [-0.1, -0.05) is 25.0 Å². The van der Waals surface area contributed by atoms with Crippen LogP contribution in [0.25, 0.3) is 0 Å². The fourth-order valence-electron chi connectivity index (χ4n) is 2.95. The maximum absolute atomic E-state index is 5.74. The molecule has 3 N–H and O–H groups in total. The molecule has 3 rings (SSSR count). The lowest BCUT2D eigenvalue weighted by molar-refractivity contribution is 0.356. The normalized spacial score (nSPS) is 20.3. The number of thioether (sulfide) groups is 1. The fourth-order valence-corrected chi connectivity index (χ4v) is 4.37. The number of fused-ring (bicyclic) bond motifs is 1. The predicted molar refractivity (Wildman–Crippen MR) is 80.4 cm³/mol. The van der Waals surface area contributed by atoms with Gasteiger partial charge in [-0.05, 0) is 30.0 Å². The van der Waals surface area contributed by atoms with E-state index in [9.17, 15) is 0 Å². The highest BCUT2D eigenvalue weighted by atomic mass is 32.2. The summed E-state index contributed by atoms with van der Waals surface area (Å²) < 4.78 is 5.55. The second kappa shape index (κ2) is 6.16. The van der Waals surface area contributed by atoms with E-state index in [1.807, 2.05) is 0 Å². The molecule has 1 aliphatic heterocycles. The average molecular weight is 278 g/mol. The Kier molecular flexibility index (Phi) is 4.31. The number of hydrazine groups is 1. The van der Waals surface area contributed by atoms with E-state index in [2.05, 4.69) is 35.4 Å². The molecule has 1 fully saturated rings. The molecule has 0 aromatic heterocycles. The van der Waals surface area contributed by atoms with Gasteiger partial charge in [-0.15, -0.1) is 0 Å². The van der Waals surface area contributed by atoms with E-state index < -0.39 is 0 Å². The van der Waals surface area contributed by atoms with Crippen molar-refractivity contribution in [3.8, 4) is 5.75 Å². The molecule has 0 radical (unpaired) electrons. The summed E-state index contributed by atoms with van der Waals surface area (Å²) in [6.07, 6.45) is 6.57. The molecule has 19 heavy (non-hydrogen) atoms. The monoisotopic (exact) mass is 278 g/mol. The molecular weight excluding hydrogens is 256 g/mol. The molecule has 1 aliphatic carbocycles. The SMILES string of the molecule is NNC(CSC1CCCC1)c1ccc2c(c1)CCO2. The highest BCUT2D eigenvalue weighted by molar-refractivity contribution is 7.99. The summed E-state index contributed by atoms with van der Waals surface area (Å²) in [6, 6.07) is 6.73. The molecule has 4 heteroatoms. The van der Waals surface area contributed by atoms with Crippen molar-refractivity contribution in [2.45, 2.75) is 43.4 Å². The summed E-state index contributed by atoms with van der Waals surface area (Å²) in [5, 5.41) is 0.841. The lowest BCUT2D eigenvalue weighted by Crippen LogP contribution is -2.30. The van der Waals surface area contributed by atoms with Gasteiger partial charge in [0.15, 0.2) is 0 Å². The molecule has 1 unspecified atom stereocenters. The van der Waals surface area contributed by atoms with Gasteiger partial charge in [0.2, 0.25) is 0 Å². The van der Waals surface area contributed by atoms with Crippen LogP contribution in [0.15, 0.2) is 18.2 Å². The maximum Gasteiger partial charge on any atom is 0.122 e. The summed E-state index contributed by atoms with van der Waals surface area (Å²) in [4.78, 5) is 0. The molecule has 1 heterocycles. The fraction of sp³-hybridized carbons (Fsp3) is 0.600. The van der Waals surface area contributed by atoms with E-state index in [4.69, 9.17) is 10.6 Å². The Hall–Kier alpha value is -0.710. The van der Waals surface area contributed by atoms with Gasteiger partial charge in [-0.25, -0.2) is 0 Å². The third-order valence-electron chi connectivity index (χ3n) is 4.12. The highest BCUT2D eigenvalue weighted by Crippen LogP contribution is 2.33. The van der Waals surface area contributed by atoms with Gasteiger partial charge in [-0.3, -0.25) is 11.3 Å². The first-order chi connectivity index (χ1) is 9.36. The van der Waals surface area contributed by atoms with E-state index in [1.54, 1.807) is 0 Å². The van der Waals surface area contributed by atoms with Crippen molar-refractivity contribution < 1.29 is 4.74 Å². The van der Waals surface area contributed by atoms with Crippen molar-refractivity contribution in [3.05, 3.63) is 29.3 Å². The first kappa shape index (κ1) is 13.3. The molecule has 0 saturated heterocycles. The van der Waals surface area contributed by atoms with Crippen molar-refractivity contribution in [1.82, 2.24) is 5.43 Å². The number of hydrogen-bond acceptors (Lipinski definition) is 4. The van der Waals surface area contributed by atoms with Crippen molar-refractivity contribution in [2.24, 2.45) is 5.84 Å². The average Bonchev–Trinajstić information content (AvgIpc) is 3.09. The topological polar surface area (TPSA) is 47.3 Å². The van der Waals surface area contributed by atoms with Gasteiger partial charge in [0.1, 0.15) is 5.75 Å². The van der Waals surface area contributed by atoms with E-state index >= 15 is 0 Å². The summed E-state index contributed by atoms with van der Waals surface area (Å²) in [6.45, 7) is 0.816. The predicted octanol–water partition coefficient (Wildman–Crippen LogP) is 2.80. The zero-order valence-electron chi connectivity index (χ0n) is 11.2. The smallest absolute Gasteiger partial charge is 0.122 e. The summed E-state index contributed by atoms with van der Waals surface area (Å²) in [5.74, 6) is 7.84. The second-order valence-electron chi connectivity index (χ2n) is 5.42. The molecular formula is C15H22N2OS. The Balaban J connectivity index is 1.64. The van der Waals surface area contributed by atoms with Crippen LogP contribution < -0.4 is 16.0 Å². The van der Waals surface area contributed by atoms with Crippen LogP contribution in [-0.2, 0) is 6.42 Å². The molecule has 0 spiro atoms. The van der Waals surface area contributed by atoms with E-state index in [-0.39, 0.29) is 6.04 Å². The van der Waals surface area contributed by atoms with Gasteiger partial charge in [0.05, 0.1) is 12.6 Å². The van der Waals surface area contributed by atoms with Crippen LogP contribution in [0.4, 0.5) is 0 Å². The first-order valence-electron chi connectivity index (χ1n) is 7.20. The Morgan fingerprint density at radius 3 is 3.00 bits per heavy atom. The zero-order chi connectivity index (χ0) is 13.1. The minimum atomic E-state index is 0.247. The van der Waals surface area contributed by atoms with Crippen molar-refractivity contribution in [1.29, 1.82) is 0 Å². The second-order valence-corrected chi connectivity index (χ2v) is 6.76. The molecule has 0 amide bonds. The first-order valence-corrected chi connectivity index (χ1v) is 8.25. The number of hydrogen-bond donors (Lipinski definition) is 2. The zero-order valence-corrected chi connectivity index (χ0v) is 12.0. The van der Waals surface area contributed by atoms with E-state index in [0.717, 1.165) is 29.8 Å². The number of ether oxygens (including phenoxy) is 1. The molecule has 1 saturated carbocycles. The van der Waals surface area contributed by atoms with Gasteiger partial charge in [0, 0.05) is 17.4 Å². The number of nitrogens with one attached hydrogen (secondary N) is 1. The van der Waals surface area contributed by atoms with Crippen molar-refractivity contribution in [2.75, 3.05) is 12.4 Å². The number of rotatable bonds is 5. The Morgan fingerprint density at radius 1 is 1.37 bits per heavy atom. The van der Waals surface area contributed by atoms with Crippen LogP contribution in [0.2, 0.25) is 0 Å². The lowest BCUT2D eigenvalue weighted by atomic mass is 10.0. The molecule has 1 aromatic rings. The van der Waals surface area contributed by atoms with E-state index in [0.29, 0.717) is 0 Å². The van der Waals surface area contributed by atoms with Crippen LogP contribution in [-0.4, -0.2) is 17.6 Å². The Labute approximate surface area is 119 Å². The van der Waals surface area contributed by atoms with Crippen molar-refractivity contribution >= 4 is 11.8 Å². The quantitative estimate of drug-likeness (QED) is 0.642. The summed E-state index contributed by atoms with van der Waals surface area (Å²) >= 11 is 2.07. The van der Waals surface area contributed by atoms with Crippen LogP contribution in [0.3, 0.4) is 0 Å². The van der Waals surface area contributed by atoms with Gasteiger partial charge < -0.3 is 4.74 Å². The van der Waals surface area contributed by atoms with Gasteiger partial charge >= 0.3 is 0 Å². The van der Waals surface area contributed by atoms with Crippen LogP contribution in [0.1, 0.15) is 42.9 Å². The molecule has 0 bridgehead atoms. The van der Waals surface area contributed by atoms with Gasteiger partial charge in [-0.2, -0.15) is 11.8 Å². The Morgan fingerprint density at radius 2 is 2.21 bits per heavy atom. The molecule has 2 aliphatic rings. The van der Waals surface area contributed by atoms with Crippen LogP contribution in [0, 0.1) is 0 Å². The third-order valence-corrected chi connectivity index (χ3v) is 5.59.